The van der Waals surface area contributed by atoms with Gasteiger partial charge in [0.2, 0.25) is 0 Å². The van der Waals surface area contributed by atoms with Crippen molar-refractivity contribution < 1.29 is 9.29 Å². The fraction of sp³-hybridized carbons (Fsp3) is 0.375. The van der Waals surface area contributed by atoms with Crippen molar-refractivity contribution in [1.82, 2.24) is 9.55 Å². The minimum absolute atomic E-state index is 0.134. The Kier molecular flexibility index (Phi) is 4.29. The number of aromatic amines is 1. The third kappa shape index (κ3) is 2.92. The minimum atomic E-state index is -0.636. The van der Waals surface area contributed by atoms with E-state index in [0.717, 1.165) is 19.4 Å². The van der Waals surface area contributed by atoms with E-state index in [1.165, 1.54) is 21.6 Å². The van der Waals surface area contributed by atoms with Gasteiger partial charge in [-0.2, -0.15) is 0 Å². The predicted octanol–water partition coefficient (Wildman–Crippen LogP) is 0.233. The number of para-hydroxylation sites is 1. The number of benzene rings is 1. The zero-order chi connectivity index (χ0) is 16.4. The fourth-order valence-electron chi connectivity index (χ4n) is 2.91. The van der Waals surface area contributed by atoms with Gasteiger partial charge in [0.25, 0.3) is 5.56 Å². The second-order valence-corrected chi connectivity index (χ2v) is 5.76. The van der Waals surface area contributed by atoms with E-state index < -0.39 is 17.1 Å². The van der Waals surface area contributed by atoms with Crippen molar-refractivity contribution in [3.05, 3.63) is 56.5 Å². The van der Waals surface area contributed by atoms with Gasteiger partial charge in [0.05, 0.1) is 12.2 Å². The van der Waals surface area contributed by atoms with Crippen molar-refractivity contribution in [2.75, 3.05) is 18.5 Å². The number of aromatic nitrogens is 2. The normalized spacial score (nSPS) is 16.7. The molecule has 1 atom stereocenters. The van der Waals surface area contributed by atoms with Crippen LogP contribution in [0.15, 0.2) is 33.9 Å². The van der Waals surface area contributed by atoms with Crippen molar-refractivity contribution in [3.63, 3.8) is 0 Å². The molecule has 1 unspecified atom stereocenters. The summed E-state index contributed by atoms with van der Waals surface area (Å²) in [7, 11) is 0. The summed E-state index contributed by atoms with van der Waals surface area (Å²) in [4.78, 5) is 27.9. The van der Waals surface area contributed by atoms with Crippen LogP contribution < -0.4 is 21.5 Å². The maximum atomic E-state index is 14.1. The molecule has 1 aliphatic rings. The molecule has 122 valence electrons. The van der Waals surface area contributed by atoms with Gasteiger partial charge in [-0.05, 0) is 18.6 Å². The van der Waals surface area contributed by atoms with Gasteiger partial charge in [-0.3, -0.25) is 9.78 Å². The predicted molar refractivity (Wildman–Crippen MR) is 85.5 cm³/mol. The van der Waals surface area contributed by atoms with Crippen LogP contribution in [0.25, 0.3) is 5.69 Å². The first-order chi connectivity index (χ1) is 11.1. The molecule has 0 aliphatic carbocycles. The molecule has 1 aromatic carbocycles. The molecule has 0 fully saturated rings. The molecular weight excluding hydrogens is 299 g/mol. The Morgan fingerprint density at radius 2 is 2.09 bits per heavy atom. The Hall–Kier alpha value is -2.41. The summed E-state index contributed by atoms with van der Waals surface area (Å²) < 4.78 is 15.3. The number of hydrogen-bond acceptors (Lipinski definition) is 3. The van der Waals surface area contributed by atoms with Crippen molar-refractivity contribution in [2.24, 2.45) is 0 Å². The molecule has 0 spiro atoms. The van der Waals surface area contributed by atoms with Crippen LogP contribution in [0.3, 0.4) is 0 Å². The van der Waals surface area contributed by atoms with Crippen LogP contribution in [-0.4, -0.2) is 22.8 Å². The van der Waals surface area contributed by atoms with Crippen LogP contribution in [0.1, 0.15) is 25.3 Å². The lowest BCUT2D eigenvalue weighted by atomic mass is 10.2. The quantitative estimate of drug-likeness (QED) is 0.756. The number of hydrogen-bond donors (Lipinski definition) is 3. The molecule has 3 rings (SSSR count). The first-order valence-corrected chi connectivity index (χ1v) is 7.82. The molecule has 0 radical (unpaired) electrons. The highest BCUT2D eigenvalue weighted by molar-refractivity contribution is 5.51. The molecule has 6 nitrogen and oxygen atoms in total. The SMILES string of the molecule is CCCC[NH+]1CNc2c(c(=O)[nH]c(=O)n2-c2ccccc2F)C1. The highest BCUT2D eigenvalue weighted by Crippen LogP contribution is 2.18. The summed E-state index contributed by atoms with van der Waals surface area (Å²) in [5.41, 5.74) is -0.415. The molecule has 1 aliphatic heterocycles. The molecule has 7 heteroatoms. The van der Waals surface area contributed by atoms with Gasteiger partial charge in [-0.15, -0.1) is 0 Å². The minimum Gasteiger partial charge on any atom is -0.324 e. The Bertz CT molecular complexity index is 828. The van der Waals surface area contributed by atoms with Gasteiger partial charge in [-0.1, -0.05) is 25.5 Å². The molecule has 2 heterocycles. The maximum Gasteiger partial charge on any atom is 0.334 e. The zero-order valence-electron chi connectivity index (χ0n) is 13.0. The average Bonchev–Trinajstić information content (AvgIpc) is 2.55. The largest absolute Gasteiger partial charge is 0.334 e. The fourth-order valence-corrected chi connectivity index (χ4v) is 2.91. The van der Waals surface area contributed by atoms with Gasteiger partial charge in [0.1, 0.15) is 23.7 Å². The van der Waals surface area contributed by atoms with Gasteiger partial charge < -0.3 is 10.2 Å². The number of H-pyrrole nitrogens is 1. The van der Waals surface area contributed by atoms with Crippen LogP contribution >= 0.6 is 0 Å². The third-order valence-corrected chi connectivity index (χ3v) is 4.12. The zero-order valence-corrected chi connectivity index (χ0v) is 13.0. The van der Waals surface area contributed by atoms with Crippen LogP contribution in [0.4, 0.5) is 10.2 Å². The monoisotopic (exact) mass is 319 g/mol. The molecule has 0 saturated heterocycles. The van der Waals surface area contributed by atoms with Crippen LogP contribution in [0.5, 0.6) is 0 Å². The van der Waals surface area contributed by atoms with E-state index >= 15 is 0 Å². The number of quaternary nitrogens is 1. The Balaban J connectivity index is 2.09. The highest BCUT2D eigenvalue weighted by Gasteiger charge is 2.26. The highest BCUT2D eigenvalue weighted by atomic mass is 19.1. The van der Waals surface area contributed by atoms with Gasteiger partial charge in [0, 0.05) is 0 Å². The molecule has 0 amide bonds. The number of rotatable bonds is 4. The molecule has 3 N–H and O–H groups in total. The second-order valence-electron chi connectivity index (χ2n) is 5.76. The Morgan fingerprint density at radius 1 is 1.30 bits per heavy atom. The van der Waals surface area contributed by atoms with E-state index in [4.69, 9.17) is 0 Å². The third-order valence-electron chi connectivity index (χ3n) is 4.12. The Morgan fingerprint density at radius 3 is 2.83 bits per heavy atom. The van der Waals surface area contributed by atoms with E-state index in [2.05, 4.69) is 17.2 Å². The van der Waals surface area contributed by atoms with E-state index in [1.807, 2.05) is 0 Å². The summed E-state index contributed by atoms with van der Waals surface area (Å²) in [6.07, 6.45) is 2.15. The van der Waals surface area contributed by atoms with Crippen LogP contribution in [0.2, 0.25) is 0 Å². The van der Waals surface area contributed by atoms with E-state index in [1.54, 1.807) is 12.1 Å². The van der Waals surface area contributed by atoms with E-state index in [-0.39, 0.29) is 5.69 Å². The molecular formula is C16H20FN4O2+. The number of nitrogens with one attached hydrogen (secondary N) is 3. The lowest BCUT2D eigenvalue weighted by molar-refractivity contribution is -0.912. The average molecular weight is 319 g/mol. The molecule has 1 aromatic heterocycles. The molecule has 0 bridgehead atoms. The standard InChI is InChI=1S/C16H19FN4O2/c1-2-3-8-20-9-11-14(18-10-20)21(16(23)19-15(11)22)13-7-5-4-6-12(13)17/h4-7,18H,2-3,8-10H2,1H3,(H,19,22,23)/p+1. The first kappa shape index (κ1) is 15.5. The smallest absolute Gasteiger partial charge is 0.324 e. The maximum absolute atomic E-state index is 14.1. The number of anilines is 1. The summed E-state index contributed by atoms with van der Waals surface area (Å²) >= 11 is 0. The number of nitrogens with zero attached hydrogens (tertiary/aromatic N) is 1. The van der Waals surface area contributed by atoms with E-state index in [9.17, 15) is 14.0 Å². The molecule has 23 heavy (non-hydrogen) atoms. The van der Waals surface area contributed by atoms with Gasteiger partial charge in [0.15, 0.2) is 6.67 Å². The lowest BCUT2D eigenvalue weighted by Crippen LogP contribution is -3.12. The van der Waals surface area contributed by atoms with Gasteiger partial charge >= 0.3 is 5.69 Å². The molecule has 2 aromatic rings. The molecule has 0 saturated carbocycles. The van der Waals surface area contributed by atoms with E-state index in [0.29, 0.717) is 24.6 Å². The number of fused-ring (bicyclic) bond motifs is 1. The Labute approximate surface area is 132 Å². The van der Waals surface area contributed by atoms with Crippen molar-refractivity contribution in [3.8, 4) is 5.69 Å². The van der Waals surface area contributed by atoms with Crippen LogP contribution in [-0.2, 0) is 6.54 Å². The van der Waals surface area contributed by atoms with Crippen molar-refractivity contribution >= 4 is 5.82 Å². The van der Waals surface area contributed by atoms with Crippen molar-refractivity contribution in [1.29, 1.82) is 0 Å². The van der Waals surface area contributed by atoms with Crippen LogP contribution in [0, 0.1) is 5.82 Å². The summed E-state index contributed by atoms with van der Waals surface area (Å²) in [5, 5.41) is 3.14. The van der Waals surface area contributed by atoms with Gasteiger partial charge in [-0.25, -0.2) is 13.8 Å². The number of unbranched alkanes of at least 4 members (excludes halogenated alkanes) is 1. The topological polar surface area (TPSA) is 71.3 Å². The summed E-state index contributed by atoms with van der Waals surface area (Å²) in [5.74, 6) is -0.115. The lowest BCUT2D eigenvalue weighted by Gasteiger charge is -2.28. The number of halogens is 1. The first-order valence-electron chi connectivity index (χ1n) is 7.82. The second kappa shape index (κ2) is 6.37. The van der Waals surface area contributed by atoms with Crippen molar-refractivity contribution in [2.45, 2.75) is 26.3 Å². The summed E-state index contributed by atoms with van der Waals surface area (Å²) in [6.45, 7) is 4.19. The summed E-state index contributed by atoms with van der Waals surface area (Å²) in [6, 6.07) is 6.03.